The SMILES string of the molecule is Nc1nc2c(ncn2C2OC3COP(=O)([O-])OC4(COC(n5cnc6c(=O)[nH]c(N)nc65)[C@@H]4O)COP(=O)([OH2+])O[C@H]3[C@H]2O)c(=O)[nH]1. The zero-order valence-corrected chi connectivity index (χ0v) is 24.6. The smallest absolute Gasteiger partial charge is 0.634 e. The first kappa shape index (κ1) is 31.0. The van der Waals surface area contributed by atoms with Crippen molar-refractivity contribution in [2.45, 2.75) is 42.5 Å². The molecule has 0 aliphatic carbocycles. The number of H-pyrrole nitrogens is 2. The summed E-state index contributed by atoms with van der Waals surface area (Å²) >= 11 is 0. The molecule has 46 heavy (non-hydrogen) atoms. The molecule has 0 amide bonds. The average Bonchev–Trinajstić information content (AvgIpc) is 3.72. The first-order valence-electron chi connectivity index (χ1n) is 13.1. The van der Waals surface area contributed by atoms with Crippen LogP contribution in [0.15, 0.2) is 22.2 Å². The number of hydrogen-bond acceptors (Lipinski definition) is 19. The average molecular weight is 690 g/mol. The number of rotatable bonds is 2. The van der Waals surface area contributed by atoms with Gasteiger partial charge in [0, 0.05) is 0 Å². The number of phosphoric acid groups is 1. The summed E-state index contributed by atoms with van der Waals surface area (Å²) in [5.74, 6) is -0.562. The maximum Gasteiger partial charge on any atom is 0.634 e. The first-order chi connectivity index (χ1) is 21.7. The number of aliphatic hydroxyl groups excluding tert-OH is 2. The molecule has 0 saturated carbocycles. The summed E-state index contributed by atoms with van der Waals surface area (Å²) < 4.78 is 60.7. The Morgan fingerprint density at radius 2 is 1.57 bits per heavy atom. The van der Waals surface area contributed by atoms with Gasteiger partial charge in [0.15, 0.2) is 40.4 Å². The summed E-state index contributed by atoms with van der Waals surface area (Å²) in [4.78, 5) is 66.1. The maximum absolute atomic E-state index is 13.3. The van der Waals surface area contributed by atoms with Gasteiger partial charge in [-0.2, -0.15) is 14.5 Å². The molecule has 26 heteroatoms. The van der Waals surface area contributed by atoms with E-state index in [1.807, 2.05) is 0 Å². The third-order valence-corrected chi connectivity index (χ3v) is 9.54. The van der Waals surface area contributed by atoms with Gasteiger partial charge in [0.25, 0.3) is 18.9 Å². The molecule has 1 spiro atoms. The number of ether oxygens (including phenoxy) is 2. The fraction of sp³-hybridized carbons (Fsp3) is 0.500. The van der Waals surface area contributed by atoms with Crippen LogP contribution in [-0.4, -0.2) is 104 Å². The molecule has 3 fully saturated rings. The number of imidazole rings is 2. The maximum atomic E-state index is 13.3. The van der Waals surface area contributed by atoms with E-state index >= 15 is 0 Å². The van der Waals surface area contributed by atoms with E-state index in [1.54, 1.807) is 0 Å². The summed E-state index contributed by atoms with van der Waals surface area (Å²) in [7, 11) is -10.4. The van der Waals surface area contributed by atoms with Gasteiger partial charge in [-0.3, -0.25) is 33.3 Å². The third-order valence-electron chi connectivity index (χ3n) is 7.50. The van der Waals surface area contributed by atoms with E-state index < -0.39 is 89.1 Å². The number of phosphoric ester groups is 1. The zero-order chi connectivity index (χ0) is 32.8. The lowest BCUT2D eigenvalue weighted by atomic mass is 10.0. The van der Waals surface area contributed by atoms with Crippen LogP contribution in [0.2, 0.25) is 0 Å². The van der Waals surface area contributed by atoms with Gasteiger partial charge in [0.2, 0.25) is 11.9 Å². The number of nitrogens with zero attached hydrogens (tertiary/aromatic N) is 6. The number of anilines is 2. The highest BCUT2D eigenvalue weighted by Crippen LogP contribution is 2.55. The predicted octanol–water partition coefficient (Wildman–Crippen LogP) is -3.95. The van der Waals surface area contributed by atoms with Gasteiger partial charge >= 0.3 is 7.82 Å². The van der Waals surface area contributed by atoms with Crippen LogP contribution in [0.3, 0.4) is 0 Å². The second kappa shape index (κ2) is 10.7. The number of aromatic nitrogens is 8. The van der Waals surface area contributed by atoms with Crippen molar-refractivity contribution in [2.24, 2.45) is 0 Å². The Balaban J connectivity index is 1.18. The van der Waals surface area contributed by atoms with E-state index in [1.165, 1.54) is 0 Å². The molecule has 0 aromatic carbocycles. The summed E-state index contributed by atoms with van der Waals surface area (Å²) in [5, 5.41) is 22.4. The lowest BCUT2D eigenvalue weighted by molar-refractivity contribution is -0.245. The van der Waals surface area contributed by atoms with Crippen molar-refractivity contribution in [2.75, 3.05) is 31.3 Å². The van der Waals surface area contributed by atoms with Crippen molar-refractivity contribution in [3.05, 3.63) is 33.4 Å². The van der Waals surface area contributed by atoms with Crippen molar-refractivity contribution in [1.29, 1.82) is 0 Å². The lowest BCUT2D eigenvalue weighted by Gasteiger charge is -2.36. The van der Waals surface area contributed by atoms with Crippen molar-refractivity contribution in [3.8, 4) is 0 Å². The van der Waals surface area contributed by atoms with Crippen LogP contribution in [0, 0.1) is 0 Å². The molecule has 4 aromatic rings. The third kappa shape index (κ3) is 5.13. The van der Waals surface area contributed by atoms with Crippen molar-refractivity contribution < 1.29 is 56.7 Å². The fourth-order valence-electron chi connectivity index (χ4n) is 5.40. The van der Waals surface area contributed by atoms with Gasteiger partial charge in [-0.25, -0.2) is 19.0 Å². The highest BCUT2D eigenvalue weighted by molar-refractivity contribution is 7.47. The molecule has 6 unspecified atom stereocenters. The van der Waals surface area contributed by atoms with Crippen LogP contribution in [0.25, 0.3) is 22.3 Å². The Morgan fingerprint density at radius 1 is 0.978 bits per heavy atom. The molecule has 248 valence electrons. The molecule has 9 atom stereocenters. The normalized spacial score (nSPS) is 37.1. The molecular weight excluding hydrogens is 666 g/mol. The highest BCUT2D eigenvalue weighted by atomic mass is 31.2. The van der Waals surface area contributed by atoms with Crippen LogP contribution in [0.1, 0.15) is 12.5 Å². The Kier molecular flexibility index (Phi) is 7.21. The molecule has 3 aliphatic rings. The van der Waals surface area contributed by atoms with Crippen molar-refractivity contribution >= 4 is 49.9 Å². The van der Waals surface area contributed by atoms with E-state index in [0.29, 0.717) is 0 Å². The summed E-state index contributed by atoms with van der Waals surface area (Å²) in [6, 6.07) is 0. The molecule has 4 aromatic heterocycles. The lowest BCUT2D eigenvalue weighted by Crippen LogP contribution is -2.49. The van der Waals surface area contributed by atoms with Gasteiger partial charge in [-0.05, 0) is 0 Å². The molecule has 7 rings (SSSR count). The van der Waals surface area contributed by atoms with Gasteiger partial charge < -0.3 is 50.0 Å². The quantitative estimate of drug-likeness (QED) is 0.0863. The topological polar surface area (TPSA) is 355 Å². The molecule has 3 saturated heterocycles. The minimum atomic E-state index is -5.43. The zero-order valence-electron chi connectivity index (χ0n) is 22.9. The van der Waals surface area contributed by atoms with Crippen molar-refractivity contribution in [1.82, 2.24) is 39.0 Å². The van der Waals surface area contributed by atoms with E-state index in [-0.39, 0.29) is 34.2 Å². The summed E-state index contributed by atoms with van der Waals surface area (Å²) in [6.45, 7) is -2.71. The highest BCUT2D eigenvalue weighted by Gasteiger charge is 2.58. The molecule has 10 N–H and O–H groups in total. The van der Waals surface area contributed by atoms with Gasteiger partial charge in [-0.15, -0.1) is 0 Å². The Bertz CT molecular complexity index is 2070. The number of nitrogen functional groups attached to an aromatic ring is 2. The van der Waals surface area contributed by atoms with Crippen LogP contribution in [-0.2, 0) is 36.7 Å². The second-order valence-corrected chi connectivity index (χ2v) is 13.3. The molecular formula is C20H24N10O14P2. The van der Waals surface area contributed by atoms with Crippen LogP contribution < -0.4 is 27.5 Å². The fourth-order valence-corrected chi connectivity index (χ4v) is 7.47. The van der Waals surface area contributed by atoms with Gasteiger partial charge in [-0.1, -0.05) is 0 Å². The number of aliphatic hydroxyl groups is 2. The molecule has 24 nitrogen and oxygen atoms in total. The predicted molar refractivity (Wildman–Crippen MR) is 145 cm³/mol. The van der Waals surface area contributed by atoms with Crippen molar-refractivity contribution in [3.63, 3.8) is 0 Å². The van der Waals surface area contributed by atoms with Crippen LogP contribution in [0.5, 0.6) is 0 Å². The minimum Gasteiger partial charge on any atom is -0.756 e. The van der Waals surface area contributed by atoms with E-state index in [9.17, 15) is 33.8 Å². The van der Waals surface area contributed by atoms with Crippen LogP contribution >= 0.6 is 15.6 Å². The standard InChI is InChI=1S/C20H24N10O14P2/c21-18-25-12-7(14(33)27-18)23-4-29(12)16-9(31)10-6(42-16)1-40-46(37,38)44-20(3-41-45(35,36)43-10)2-39-17(11(20)32)30-5-24-8-13(30)26-19(22)28-15(8)34/h4-6,9-11,16-17,31-32H,1-3H2,(H,35,36)(H,37,38)(H3,21,25,27,33)(H3,22,26,28,34)/t6?,9-,10-,11+,16?,17?,20?/m1/s1. The molecule has 0 radical (unpaired) electrons. The number of nitrogens with one attached hydrogen (secondary N) is 2. The second-order valence-electron chi connectivity index (χ2n) is 10.5. The van der Waals surface area contributed by atoms with E-state index in [2.05, 4.69) is 29.9 Å². The minimum absolute atomic E-state index is 0.116. The monoisotopic (exact) mass is 690 g/mol. The van der Waals surface area contributed by atoms with Gasteiger partial charge in [0.1, 0.15) is 24.4 Å². The molecule has 7 heterocycles. The summed E-state index contributed by atoms with van der Waals surface area (Å²) in [5.41, 5.74) is 6.90. The number of aromatic amines is 2. The van der Waals surface area contributed by atoms with E-state index in [4.69, 9.17) is 43.9 Å². The largest absolute Gasteiger partial charge is 0.756 e. The first-order valence-corrected chi connectivity index (χ1v) is 16.1. The molecule has 0 bridgehead atoms. The Morgan fingerprint density at radius 3 is 2.17 bits per heavy atom. The summed E-state index contributed by atoms with van der Waals surface area (Å²) in [6.07, 6.45) is -7.76. The number of nitrogens with two attached hydrogens (primary N) is 2. The number of fused-ring (bicyclic) bond motifs is 3. The Labute approximate surface area is 253 Å². The van der Waals surface area contributed by atoms with Crippen LogP contribution in [0.4, 0.5) is 11.9 Å². The van der Waals surface area contributed by atoms with E-state index in [0.717, 1.165) is 21.8 Å². The van der Waals surface area contributed by atoms with Gasteiger partial charge in [0.05, 0.1) is 32.5 Å². The number of hydrogen-bond donors (Lipinski definition) is 6. The molecule has 3 aliphatic heterocycles. The Hall–Kier alpha value is -3.64.